The first-order chi connectivity index (χ1) is 7.81. The first kappa shape index (κ1) is 11.1. The molecule has 86 valence electrons. The molecule has 0 aromatic heterocycles. The van der Waals surface area contributed by atoms with E-state index in [0.717, 1.165) is 19.3 Å². The summed E-state index contributed by atoms with van der Waals surface area (Å²) in [5.41, 5.74) is 1.95. The van der Waals surface area contributed by atoms with Gasteiger partial charge in [0.1, 0.15) is 0 Å². The van der Waals surface area contributed by atoms with Crippen molar-refractivity contribution < 1.29 is 9.63 Å². The van der Waals surface area contributed by atoms with Gasteiger partial charge in [-0.3, -0.25) is 9.63 Å². The molecule has 0 unspecified atom stereocenters. The van der Waals surface area contributed by atoms with Crippen LogP contribution in [0.15, 0.2) is 24.3 Å². The Hall–Kier alpha value is -1.35. The van der Waals surface area contributed by atoms with E-state index < -0.39 is 0 Å². The van der Waals surface area contributed by atoms with E-state index in [9.17, 15) is 4.79 Å². The van der Waals surface area contributed by atoms with E-state index in [-0.39, 0.29) is 5.91 Å². The van der Waals surface area contributed by atoms with Crippen molar-refractivity contribution in [3.8, 4) is 0 Å². The Morgan fingerprint density at radius 2 is 2.06 bits per heavy atom. The topological polar surface area (TPSA) is 29.5 Å². The first-order valence-electron chi connectivity index (χ1n) is 5.85. The summed E-state index contributed by atoms with van der Waals surface area (Å²) in [5, 5.41) is 1.48. The van der Waals surface area contributed by atoms with Crippen LogP contribution in [-0.2, 0) is 11.3 Å². The second-order valence-electron chi connectivity index (χ2n) is 4.00. The molecule has 1 fully saturated rings. The SMILES string of the molecule is CCc1ccc(C(=O)N2CCCCO2)cc1. The third-order valence-electron chi connectivity index (χ3n) is 2.84. The van der Waals surface area contributed by atoms with Crippen LogP contribution in [0.2, 0.25) is 0 Å². The molecule has 0 spiro atoms. The molecule has 1 aromatic rings. The van der Waals surface area contributed by atoms with Gasteiger partial charge in [0.05, 0.1) is 6.61 Å². The second kappa shape index (κ2) is 5.12. The van der Waals surface area contributed by atoms with Crippen molar-refractivity contribution in [3.05, 3.63) is 35.4 Å². The quantitative estimate of drug-likeness (QED) is 0.764. The molecule has 0 N–H and O–H groups in total. The van der Waals surface area contributed by atoms with Crippen molar-refractivity contribution in [2.45, 2.75) is 26.2 Å². The van der Waals surface area contributed by atoms with Gasteiger partial charge in [-0.1, -0.05) is 19.1 Å². The van der Waals surface area contributed by atoms with Gasteiger partial charge in [0.25, 0.3) is 5.91 Å². The highest BCUT2D eigenvalue weighted by atomic mass is 16.7. The van der Waals surface area contributed by atoms with Gasteiger partial charge < -0.3 is 0 Å². The van der Waals surface area contributed by atoms with Crippen LogP contribution in [0, 0.1) is 0 Å². The highest BCUT2D eigenvalue weighted by molar-refractivity contribution is 5.93. The maximum atomic E-state index is 12.0. The van der Waals surface area contributed by atoms with Crippen LogP contribution >= 0.6 is 0 Å². The van der Waals surface area contributed by atoms with Crippen LogP contribution in [0.25, 0.3) is 0 Å². The predicted octanol–water partition coefficient (Wildman–Crippen LogP) is 2.42. The Morgan fingerprint density at radius 3 is 2.62 bits per heavy atom. The van der Waals surface area contributed by atoms with Crippen LogP contribution in [0.5, 0.6) is 0 Å². The molecule has 1 aliphatic rings. The van der Waals surface area contributed by atoms with Crippen LogP contribution in [0.1, 0.15) is 35.7 Å². The third kappa shape index (κ3) is 2.42. The number of carbonyl (C=O) groups is 1. The Bertz CT molecular complexity index is 353. The summed E-state index contributed by atoms with van der Waals surface area (Å²) in [6.45, 7) is 3.46. The van der Waals surface area contributed by atoms with Crippen molar-refractivity contribution in [3.63, 3.8) is 0 Å². The molecule has 1 heterocycles. The lowest BCUT2D eigenvalue weighted by Crippen LogP contribution is -2.35. The number of benzene rings is 1. The fourth-order valence-electron chi connectivity index (χ4n) is 1.78. The molecule has 3 heteroatoms. The number of aryl methyl sites for hydroxylation is 1. The molecule has 0 bridgehead atoms. The Labute approximate surface area is 96.0 Å². The summed E-state index contributed by atoms with van der Waals surface area (Å²) >= 11 is 0. The van der Waals surface area contributed by atoms with Gasteiger partial charge in [0.2, 0.25) is 0 Å². The van der Waals surface area contributed by atoms with Gasteiger partial charge in [-0.2, -0.15) is 0 Å². The zero-order valence-electron chi connectivity index (χ0n) is 9.61. The summed E-state index contributed by atoms with van der Waals surface area (Å²) in [7, 11) is 0. The standard InChI is InChI=1S/C13H17NO2/c1-2-11-5-7-12(8-6-11)13(15)14-9-3-4-10-16-14/h5-8H,2-4,9-10H2,1H3. The van der Waals surface area contributed by atoms with E-state index in [1.165, 1.54) is 10.6 Å². The number of hydrogen-bond donors (Lipinski definition) is 0. The normalized spacial score (nSPS) is 16.2. The van der Waals surface area contributed by atoms with Crippen LogP contribution < -0.4 is 0 Å². The summed E-state index contributed by atoms with van der Waals surface area (Å²) in [4.78, 5) is 17.3. The molecule has 0 saturated carbocycles. The van der Waals surface area contributed by atoms with E-state index >= 15 is 0 Å². The number of carbonyl (C=O) groups excluding carboxylic acids is 1. The van der Waals surface area contributed by atoms with E-state index in [0.29, 0.717) is 18.7 Å². The van der Waals surface area contributed by atoms with Crippen molar-refractivity contribution in [1.29, 1.82) is 0 Å². The van der Waals surface area contributed by atoms with E-state index in [4.69, 9.17) is 4.84 Å². The van der Waals surface area contributed by atoms with Gasteiger partial charge in [-0.15, -0.1) is 0 Å². The lowest BCUT2D eigenvalue weighted by molar-refractivity contribution is -0.144. The molecule has 1 aromatic carbocycles. The number of hydrogen-bond acceptors (Lipinski definition) is 2. The molecule has 3 nitrogen and oxygen atoms in total. The average molecular weight is 219 g/mol. The molecule has 2 rings (SSSR count). The molecule has 16 heavy (non-hydrogen) atoms. The van der Waals surface area contributed by atoms with Crippen LogP contribution in [0.3, 0.4) is 0 Å². The zero-order chi connectivity index (χ0) is 11.4. The van der Waals surface area contributed by atoms with Crippen LogP contribution in [0.4, 0.5) is 0 Å². The first-order valence-corrected chi connectivity index (χ1v) is 5.85. The van der Waals surface area contributed by atoms with Crippen molar-refractivity contribution in [1.82, 2.24) is 5.06 Å². The maximum absolute atomic E-state index is 12.0. The summed E-state index contributed by atoms with van der Waals surface area (Å²) in [5.74, 6) is -0.0256. The summed E-state index contributed by atoms with van der Waals surface area (Å²) < 4.78 is 0. The number of hydroxylamine groups is 2. The van der Waals surface area contributed by atoms with Crippen molar-refractivity contribution in [2.24, 2.45) is 0 Å². The van der Waals surface area contributed by atoms with Gasteiger partial charge in [-0.25, -0.2) is 5.06 Å². The Balaban J connectivity index is 2.07. The molecular weight excluding hydrogens is 202 g/mol. The third-order valence-corrected chi connectivity index (χ3v) is 2.84. The highest BCUT2D eigenvalue weighted by Crippen LogP contribution is 2.12. The second-order valence-corrected chi connectivity index (χ2v) is 4.00. The minimum Gasteiger partial charge on any atom is -0.271 e. The molecule has 1 saturated heterocycles. The van der Waals surface area contributed by atoms with Gasteiger partial charge in [0.15, 0.2) is 0 Å². The maximum Gasteiger partial charge on any atom is 0.277 e. The zero-order valence-corrected chi connectivity index (χ0v) is 9.61. The van der Waals surface area contributed by atoms with Gasteiger partial charge in [-0.05, 0) is 37.0 Å². The predicted molar refractivity (Wildman–Crippen MR) is 62.0 cm³/mol. The molecule has 1 aliphatic heterocycles. The van der Waals surface area contributed by atoms with Crippen LogP contribution in [-0.4, -0.2) is 24.1 Å². The summed E-state index contributed by atoms with van der Waals surface area (Å²) in [6, 6.07) is 7.74. The van der Waals surface area contributed by atoms with E-state index in [1.807, 2.05) is 24.3 Å². The van der Waals surface area contributed by atoms with Gasteiger partial charge in [0, 0.05) is 12.1 Å². The highest BCUT2D eigenvalue weighted by Gasteiger charge is 2.18. The molecule has 0 atom stereocenters. The average Bonchev–Trinajstić information content (AvgIpc) is 2.39. The fourth-order valence-corrected chi connectivity index (χ4v) is 1.78. The molecule has 0 radical (unpaired) electrons. The smallest absolute Gasteiger partial charge is 0.271 e. The molecular formula is C13H17NO2. The van der Waals surface area contributed by atoms with E-state index in [2.05, 4.69) is 6.92 Å². The minimum atomic E-state index is -0.0256. The number of nitrogens with zero attached hydrogens (tertiary/aromatic N) is 1. The summed E-state index contributed by atoms with van der Waals surface area (Å²) in [6.07, 6.45) is 3.06. The fraction of sp³-hybridized carbons (Fsp3) is 0.462. The minimum absolute atomic E-state index is 0.0256. The lowest BCUT2D eigenvalue weighted by atomic mass is 10.1. The van der Waals surface area contributed by atoms with E-state index in [1.54, 1.807) is 0 Å². The lowest BCUT2D eigenvalue weighted by Gasteiger charge is -2.25. The van der Waals surface area contributed by atoms with Gasteiger partial charge >= 0.3 is 0 Å². The van der Waals surface area contributed by atoms with Crippen molar-refractivity contribution >= 4 is 5.91 Å². The number of amides is 1. The largest absolute Gasteiger partial charge is 0.277 e. The monoisotopic (exact) mass is 219 g/mol. The molecule has 0 aliphatic carbocycles. The number of rotatable bonds is 2. The van der Waals surface area contributed by atoms with Crippen molar-refractivity contribution in [2.75, 3.05) is 13.2 Å². The Morgan fingerprint density at radius 1 is 1.31 bits per heavy atom. The molecule has 1 amide bonds. The Kier molecular flexibility index (Phi) is 3.57.